The fraction of sp³-hybridized carbons (Fsp3) is 0.500. The van der Waals surface area contributed by atoms with E-state index in [1.54, 1.807) is 20.8 Å². The fourth-order valence-corrected chi connectivity index (χ4v) is 2.07. The maximum Gasteiger partial charge on any atom is 0.416 e. The molecule has 0 aliphatic carbocycles. The van der Waals surface area contributed by atoms with Crippen molar-refractivity contribution in [1.82, 2.24) is 5.32 Å². The average molecular weight is 331 g/mol. The van der Waals surface area contributed by atoms with E-state index in [4.69, 9.17) is 5.11 Å². The molecule has 4 nitrogen and oxygen atoms in total. The summed E-state index contributed by atoms with van der Waals surface area (Å²) in [5.74, 6) is -1.58. The summed E-state index contributed by atoms with van der Waals surface area (Å²) < 4.78 is 37.4. The number of carboxylic acid groups (broad SMARTS) is 1. The molecule has 128 valence electrons. The summed E-state index contributed by atoms with van der Waals surface area (Å²) in [4.78, 5) is 23.0. The van der Waals surface area contributed by atoms with Gasteiger partial charge in [0.2, 0.25) is 5.91 Å². The molecule has 1 amide bonds. The van der Waals surface area contributed by atoms with E-state index in [-0.39, 0.29) is 18.8 Å². The number of hydrogen-bond donors (Lipinski definition) is 2. The Morgan fingerprint density at radius 2 is 1.70 bits per heavy atom. The van der Waals surface area contributed by atoms with Gasteiger partial charge in [-0.1, -0.05) is 26.0 Å². The molecule has 23 heavy (non-hydrogen) atoms. The lowest BCUT2D eigenvalue weighted by molar-refractivity contribution is -0.140. The lowest BCUT2D eigenvalue weighted by Crippen LogP contribution is -2.51. The standard InChI is InChI=1S/C16H20F3NO3/c1-10(2)15(3,9-14(22)23)20-13(21)8-11-4-6-12(7-5-11)16(17,18)19/h4-7,10H,8-9H2,1-3H3,(H,20,21)(H,22,23). The van der Waals surface area contributed by atoms with Gasteiger partial charge in [0.05, 0.1) is 18.4 Å². The number of carboxylic acids is 1. The maximum absolute atomic E-state index is 12.5. The molecule has 0 bridgehead atoms. The highest BCUT2D eigenvalue weighted by atomic mass is 19.4. The maximum atomic E-state index is 12.5. The molecule has 0 heterocycles. The Balaban J connectivity index is 2.77. The second-order valence-corrected chi connectivity index (χ2v) is 6.06. The van der Waals surface area contributed by atoms with Gasteiger partial charge in [-0.2, -0.15) is 13.2 Å². The molecular weight excluding hydrogens is 311 g/mol. The molecule has 0 spiro atoms. The number of halogens is 3. The van der Waals surface area contributed by atoms with E-state index in [0.29, 0.717) is 5.56 Å². The second kappa shape index (κ2) is 7.02. The van der Waals surface area contributed by atoms with Gasteiger partial charge in [0, 0.05) is 5.54 Å². The number of carbonyl (C=O) groups excluding carboxylic acids is 1. The summed E-state index contributed by atoms with van der Waals surface area (Å²) in [6, 6.07) is 4.32. The highest BCUT2D eigenvalue weighted by Crippen LogP contribution is 2.29. The number of carbonyl (C=O) groups is 2. The number of amides is 1. The van der Waals surface area contributed by atoms with Gasteiger partial charge in [-0.15, -0.1) is 0 Å². The van der Waals surface area contributed by atoms with Gasteiger partial charge in [0.1, 0.15) is 0 Å². The summed E-state index contributed by atoms with van der Waals surface area (Å²) in [7, 11) is 0. The van der Waals surface area contributed by atoms with Gasteiger partial charge in [-0.05, 0) is 30.5 Å². The van der Waals surface area contributed by atoms with E-state index in [0.717, 1.165) is 12.1 Å². The van der Waals surface area contributed by atoms with Crippen molar-refractivity contribution in [2.45, 2.75) is 45.3 Å². The van der Waals surface area contributed by atoms with E-state index < -0.39 is 29.2 Å². The summed E-state index contributed by atoms with van der Waals surface area (Å²) in [6.07, 6.45) is -4.76. The van der Waals surface area contributed by atoms with Crippen LogP contribution in [0.5, 0.6) is 0 Å². The fourth-order valence-electron chi connectivity index (χ4n) is 2.07. The van der Waals surface area contributed by atoms with E-state index >= 15 is 0 Å². The SMILES string of the molecule is CC(C)C(C)(CC(=O)O)NC(=O)Cc1ccc(C(F)(F)F)cc1. The van der Waals surface area contributed by atoms with Crippen LogP contribution in [0.15, 0.2) is 24.3 Å². The second-order valence-electron chi connectivity index (χ2n) is 6.06. The van der Waals surface area contributed by atoms with Crippen molar-refractivity contribution in [2.75, 3.05) is 0 Å². The molecule has 0 aliphatic heterocycles. The third kappa shape index (κ3) is 5.58. The smallest absolute Gasteiger partial charge is 0.416 e. The van der Waals surface area contributed by atoms with E-state index in [1.165, 1.54) is 12.1 Å². The molecular formula is C16H20F3NO3. The van der Waals surface area contributed by atoms with Gasteiger partial charge in [-0.3, -0.25) is 9.59 Å². The number of aliphatic carboxylic acids is 1. The van der Waals surface area contributed by atoms with Crippen LogP contribution >= 0.6 is 0 Å². The predicted octanol–water partition coefficient (Wildman–Crippen LogP) is 3.25. The molecule has 0 aliphatic rings. The minimum atomic E-state index is -4.42. The number of nitrogens with one attached hydrogen (secondary N) is 1. The highest BCUT2D eigenvalue weighted by molar-refractivity contribution is 5.80. The predicted molar refractivity (Wildman–Crippen MR) is 78.8 cm³/mol. The molecule has 1 aromatic carbocycles. The van der Waals surface area contributed by atoms with Gasteiger partial charge in [-0.25, -0.2) is 0 Å². The summed E-state index contributed by atoms with van der Waals surface area (Å²) >= 11 is 0. The number of hydrogen-bond acceptors (Lipinski definition) is 2. The number of benzene rings is 1. The van der Waals surface area contributed by atoms with Crippen LogP contribution in [0.2, 0.25) is 0 Å². The van der Waals surface area contributed by atoms with E-state index in [2.05, 4.69) is 5.32 Å². The molecule has 0 saturated heterocycles. The summed E-state index contributed by atoms with van der Waals surface area (Å²) in [6.45, 7) is 5.22. The Bertz CT molecular complexity index is 567. The molecule has 2 N–H and O–H groups in total. The lowest BCUT2D eigenvalue weighted by Gasteiger charge is -2.33. The first-order valence-electron chi connectivity index (χ1n) is 7.13. The Morgan fingerprint density at radius 1 is 1.17 bits per heavy atom. The van der Waals surface area contributed by atoms with Crippen LogP contribution in [-0.2, 0) is 22.2 Å². The Labute approximate surface area is 132 Å². The number of rotatable bonds is 6. The summed E-state index contributed by atoms with van der Waals surface area (Å²) in [5.41, 5.74) is -1.27. The third-order valence-corrected chi connectivity index (χ3v) is 3.86. The van der Waals surface area contributed by atoms with Crippen LogP contribution in [0.4, 0.5) is 13.2 Å². The molecule has 0 fully saturated rings. The van der Waals surface area contributed by atoms with Crippen LogP contribution in [-0.4, -0.2) is 22.5 Å². The quantitative estimate of drug-likeness (QED) is 0.841. The average Bonchev–Trinajstić information content (AvgIpc) is 2.36. The van der Waals surface area contributed by atoms with Gasteiger partial charge >= 0.3 is 12.1 Å². The van der Waals surface area contributed by atoms with Crippen molar-refractivity contribution >= 4 is 11.9 Å². The first kappa shape index (κ1) is 19.0. The van der Waals surface area contributed by atoms with Gasteiger partial charge < -0.3 is 10.4 Å². The van der Waals surface area contributed by atoms with Gasteiger partial charge in [0.15, 0.2) is 0 Å². The largest absolute Gasteiger partial charge is 0.481 e. The normalized spacial score (nSPS) is 14.4. The van der Waals surface area contributed by atoms with Crippen LogP contribution in [0.25, 0.3) is 0 Å². The lowest BCUT2D eigenvalue weighted by atomic mass is 9.85. The third-order valence-electron chi connectivity index (χ3n) is 3.86. The first-order valence-corrected chi connectivity index (χ1v) is 7.13. The van der Waals surface area contributed by atoms with Crippen molar-refractivity contribution in [3.63, 3.8) is 0 Å². The van der Waals surface area contributed by atoms with E-state index in [9.17, 15) is 22.8 Å². The Hall–Kier alpha value is -2.05. The number of alkyl halides is 3. The molecule has 0 radical (unpaired) electrons. The molecule has 0 saturated carbocycles. The van der Waals surface area contributed by atoms with Gasteiger partial charge in [0.25, 0.3) is 0 Å². The highest BCUT2D eigenvalue weighted by Gasteiger charge is 2.33. The minimum absolute atomic E-state index is 0.111. The zero-order valence-electron chi connectivity index (χ0n) is 13.2. The summed E-state index contributed by atoms with van der Waals surface area (Å²) in [5, 5.41) is 11.6. The van der Waals surface area contributed by atoms with Crippen molar-refractivity contribution in [2.24, 2.45) is 5.92 Å². The van der Waals surface area contributed by atoms with Crippen LogP contribution in [0, 0.1) is 5.92 Å². The molecule has 1 rings (SSSR count). The zero-order chi connectivity index (χ0) is 17.8. The molecule has 0 aromatic heterocycles. The Kier molecular flexibility index (Phi) is 5.80. The first-order chi connectivity index (χ1) is 10.4. The van der Waals surface area contributed by atoms with Crippen LogP contribution < -0.4 is 5.32 Å². The molecule has 7 heteroatoms. The minimum Gasteiger partial charge on any atom is -0.481 e. The van der Waals surface area contributed by atoms with Crippen LogP contribution in [0.3, 0.4) is 0 Å². The molecule has 1 atom stereocenters. The van der Waals surface area contributed by atoms with Crippen molar-refractivity contribution in [1.29, 1.82) is 0 Å². The molecule has 1 aromatic rings. The van der Waals surface area contributed by atoms with E-state index in [1.807, 2.05) is 0 Å². The van der Waals surface area contributed by atoms with Crippen molar-refractivity contribution < 1.29 is 27.9 Å². The van der Waals surface area contributed by atoms with Crippen molar-refractivity contribution in [3.05, 3.63) is 35.4 Å². The van der Waals surface area contributed by atoms with Crippen molar-refractivity contribution in [3.8, 4) is 0 Å². The molecule has 1 unspecified atom stereocenters. The van der Waals surface area contributed by atoms with Crippen LogP contribution in [0.1, 0.15) is 38.3 Å². The topological polar surface area (TPSA) is 66.4 Å². The Morgan fingerprint density at radius 3 is 2.09 bits per heavy atom. The monoisotopic (exact) mass is 331 g/mol. The zero-order valence-corrected chi connectivity index (χ0v) is 13.2.